The second kappa shape index (κ2) is 11.7. The van der Waals surface area contributed by atoms with Gasteiger partial charge in [-0.2, -0.15) is 0 Å². The smallest absolute Gasteiger partial charge is 1.00 e. The third-order valence-electron chi connectivity index (χ3n) is 6.56. The van der Waals surface area contributed by atoms with Gasteiger partial charge in [0.25, 0.3) is 0 Å². The van der Waals surface area contributed by atoms with Gasteiger partial charge < -0.3 is 24.8 Å². The summed E-state index contributed by atoms with van der Waals surface area (Å²) in [6.45, 7) is 9.17. The number of allylic oxidation sites excluding steroid dienone is 8. The molecule has 4 rings (SSSR count). The molecular weight excluding hydrogens is 571 g/mol. The van der Waals surface area contributed by atoms with Crippen LogP contribution in [0, 0.1) is 13.8 Å². The predicted molar refractivity (Wildman–Crippen MR) is 130 cm³/mol. The molecule has 32 heavy (non-hydrogen) atoms. The summed E-state index contributed by atoms with van der Waals surface area (Å²) in [6, 6.07) is 18.2. The zero-order valence-corrected chi connectivity index (χ0v) is 26.0. The van der Waals surface area contributed by atoms with Gasteiger partial charge in [0.2, 0.25) is 0 Å². The summed E-state index contributed by atoms with van der Waals surface area (Å²) in [5, 5.41) is 0. The third kappa shape index (κ3) is 5.55. The maximum atomic E-state index is 2.64. The molecule has 2 aliphatic carbocycles. The van der Waals surface area contributed by atoms with Gasteiger partial charge in [0.15, 0.2) is 0 Å². The average Bonchev–Trinajstić information content (AvgIpc) is 3.27. The second-order valence-corrected chi connectivity index (χ2v) is 36.9. The van der Waals surface area contributed by atoms with Crippen LogP contribution in [-0.2, 0) is 18.6 Å². The number of halogens is 2. The van der Waals surface area contributed by atoms with E-state index in [0.29, 0.717) is 0 Å². The van der Waals surface area contributed by atoms with Crippen molar-refractivity contribution in [3.05, 3.63) is 101 Å². The van der Waals surface area contributed by atoms with E-state index < -0.39 is 28.6 Å². The Kier molecular flexibility index (Phi) is 10.1. The molecule has 0 atom stereocenters. The summed E-state index contributed by atoms with van der Waals surface area (Å²) < 4.78 is 3.78. The van der Waals surface area contributed by atoms with E-state index in [4.69, 9.17) is 0 Å². The van der Waals surface area contributed by atoms with Crippen molar-refractivity contribution >= 4 is 21.1 Å². The standard InChI is InChI=1S/2C13H13.C2H6Ge.2ClH.Zr/c2*1-10-6-8-12(9-7-10)13-5-3-4-11(13)2;1-3-2;;;/h2*5-9H,3H2,1-2H3;1-2H3;2*1H;/q;;;;;+2/p-2. The topological polar surface area (TPSA) is 0 Å². The first-order chi connectivity index (χ1) is 14.4. The molecule has 0 spiro atoms. The van der Waals surface area contributed by atoms with Crippen molar-refractivity contribution < 1.29 is 43.4 Å². The molecular formula is C28H32Cl2GeZr. The second-order valence-electron chi connectivity index (χ2n) is 8.96. The molecule has 0 nitrogen and oxygen atoms in total. The van der Waals surface area contributed by atoms with Gasteiger partial charge in [-0.05, 0) is 0 Å². The van der Waals surface area contributed by atoms with E-state index in [1.807, 2.05) is 6.56 Å². The molecule has 0 heterocycles. The molecule has 0 fully saturated rings. The van der Waals surface area contributed by atoms with Gasteiger partial charge in [-0.3, -0.25) is 0 Å². The Morgan fingerprint density at radius 2 is 0.938 bits per heavy atom. The number of benzene rings is 2. The van der Waals surface area contributed by atoms with E-state index in [-0.39, 0.29) is 24.8 Å². The monoisotopic (exact) mass is 602 g/mol. The van der Waals surface area contributed by atoms with Gasteiger partial charge in [0, 0.05) is 0 Å². The molecule has 0 unspecified atom stereocenters. The minimum atomic E-state index is -1.77. The quantitative estimate of drug-likeness (QED) is 0.470. The van der Waals surface area contributed by atoms with Crippen LogP contribution < -0.4 is 24.8 Å². The maximum Gasteiger partial charge on any atom is -1.00 e. The van der Waals surface area contributed by atoms with E-state index in [1.54, 1.807) is 11.1 Å². The molecule has 0 radical (unpaired) electrons. The number of hydrogen-bond donors (Lipinski definition) is 0. The van der Waals surface area contributed by atoms with E-state index >= 15 is 0 Å². The Labute approximate surface area is 215 Å². The van der Waals surface area contributed by atoms with Crippen LogP contribution in [-0.4, -0.2) is 9.98 Å². The maximum absolute atomic E-state index is 2.64. The normalized spacial score (nSPS) is 14.9. The molecule has 4 heteroatoms. The molecule has 0 amide bonds. The van der Waals surface area contributed by atoms with Crippen molar-refractivity contribution in [2.24, 2.45) is 0 Å². The first-order valence-corrected chi connectivity index (χ1v) is 25.1. The van der Waals surface area contributed by atoms with Crippen molar-refractivity contribution in [1.29, 1.82) is 0 Å². The van der Waals surface area contributed by atoms with Gasteiger partial charge in [0.1, 0.15) is 0 Å². The first-order valence-electron chi connectivity index (χ1n) is 11.0. The van der Waals surface area contributed by atoms with Crippen molar-refractivity contribution in [3.8, 4) is 0 Å². The van der Waals surface area contributed by atoms with E-state index in [0.717, 1.165) is 0 Å². The van der Waals surface area contributed by atoms with Crippen molar-refractivity contribution in [2.75, 3.05) is 0 Å². The minimum absolute atomic E-state index is 0. The summed E-state index contributed by atoms with van der Waals surface area (Å²) in [6.07, 6.45) is 7.46. The van der Waals surface area contributed by atoms with Gasteiger partial charge in [-0.1, -0.05) is 0 Å². The van der Waals surface area contributed by atoms with E-state index in [2.05, 4.69) is 99.9 Å². The SMILES string of the molecule is CC1=[C]([Zr+2]([C]2=C(C)C(c3ccc(C)cc3)=CC2)=[Ge]([CH3])[CH3])CC=C1c1ccc(C)cc1.[Cl-].[Cl-]. The van der Waals surface area contributed by atoms with Crippen LogP contribution in [0.5, 0.6) is 0 Å². The minimum Gasteiger partial charge on any atom is -1.00 e. The van der Waals surface area contributed by atoms with Gasteiger partial charge in [-0.25, -0.2) is 0 Å². The Morgan fingerprint density at radius 3 is 1.25 bits per heavy atom. The van der Waals surface area contributed by atoms with Gasteiger partial charge in [0.05, 0.1) is 0 Å². The predicted octanol–water partition coefficient (Wildman–Crippen LogP) is 2.00. The fourth-order valence-corrected chi connectivity index (χ4v) is 34.9. The number of aryl methyl sites for hydroxylation is 2. The van der Waals surface area contributed by atoms with E-state index in [9.17, 15) is 0 Å². The largest absolute Gasteiger partial charge is 1.00 e. The zero-order chi connectivity index (χ0) is 21.4. The summed E-state index contributed by atoms with van der Waals surface area (Å²) in [5.41, 5.74) is 11.7. The molecule has 2 aromatic carbocycles. The van der Waals surface area contributed by atoms with Gasteiger partial charge in [-0.15, -0.1) is 0 Å². The Balaban J connectivity index is 0.00000181. The Bertz CT molecular complexity index is 1070. The molecule has 0 N–H and O–H groups in total. The molecule has 0 saturated carbocycles. The van der Waals surface area contributed by atoms with Crippen LogP contribution in [0.25, 0.3) is 11.1 Å². The number of hydrogen-bond acceptors (Lipinski definition) is 0. The summed E-state index contributed by atoms with van der Waals surface area (Å²) in [5.74, 6) is 5.28. The van der Waals surface area contributed by atoms with Crippen LogP contribution in [0.3, 0.4) is 0 Å². The molecule has 0 saturated heterocycles. The molecule has 166 valence electrons. The first kappa shape index (κ1) is 27.6. The van der Waals surface area contributed by atoms with Crippen LogP contribution >= 0.6 is 0 Å². The van der Waals surface area contributed by atoms with Crippen molar-refractivity contribution in [3.63, 3.8) is 0 Å². The fraction of sp³-hybridized carbons (Fsp3) is 0.286. The fourth-order valence-electron chi connectivity index (χ4n) is 4.85. The Hall–Kier alpha value is -0.594. The molecule has 0 aliphatic heterocycles. The summed E-state index contributed by atoms with van der Waals surface area (Å²) in [7, 11) is -1.01. The summed E-state index contributed by atoms with van der Waals surface area (Å²) >= 11 is -1.77. The molecule has 2 aliphatic rings. The van der Waals surface area contributed by atoms with Crippen LogP contribution in [0.15, 0.2) is 78.4 Å². The Morgan fingerprint density at radius 1 is 0.594 bits per heavy atom. The van der Waals surface area contributed by atoms with Crippen molar-refractivity contribution in [2.45, 2.75) is 52.0 Å². The third-order valence-corrected chi connectivity index (χ3v) is 34.7. The molecule has 2 aromatic rings. The van der Waals surface area contributed by atoms with Crippen LogP contribution in [0.2, 0.25) is 11.5 Å². The van der Waals surface area contributed by atoms with Crippen LogP contribution in [0.1, 0.15) is 48.9 Å². The average molecular weight is 603 g/mol. The van der Waals surface area contributed by atoms with Crippen LogP contribution in [0.4, 0.5) is 0 Å². The van der Waals surface area contributed by atoms with Gasteiger partial charge >= 0.3 is 192 Å². The zero-order valence-electron chi connectivity index (χ0n) is 19.9. The molecule has 0 aromatic heterocycles. The van der Waals surface area contributed by atoms with E-state index in [1.165, 1.54) is 46.2 Å². The summed E-state index contributed by atoms with van der Waals surface area (Å²) in [4.78, 5) is 0. The van der Waals surface area contributed by atoms with Crippen molar-refractivity contribution in [1.82, 2.24) is 0 Å². The molecule has 0 bridgehead atoms. The number of rotatable bonds is 4.